The summed E-state index contributed by atoms with van der Waals surface area (Å²) in [5, 5.41) is 11.4. The number of fused-ring (bicyclic) bond motifs is 1. The monoisotopic (exact) mass is 670 g/mol. The number of imidazole rings is 1. The van der Waals surface area contributed by atoms with E-state index < -0.39 is 69.2 Å². The molecule has 5 aromatic rings. The highest BCUT2D eigenvalue weighted by atomic mass is 32.2. The number of hydrogen-bond donors (Lipinski definition) is 1. The van der Waals surface area contributed by atoms with E-state index in [0.29, 0.717) is 15.4 Å². The van der Waals surface area contributed by atoms with Crippen molar-refractivity contribution in [1.29, 1.82) is 0 Å². The SMILES string of the molecule is O=C(N=c1c2[nH]cnc2ncn1CC(=O)N1CCN(S(=O)(=O)c2ccccc2[N+](=O)[O-])C(=O)C1)OC(c1ccccc1)c1ccccc1. The van der Waals surface area contributed by atoms with Gasteiger partial charge in [-0.15, -0.1) is 0 Å². The lowest BCUT2D eigenvalue weighted by molar-refractivity contribution is -0.387. The van der Waals surface area contributed by atoms with Gasteiger partial charge in [0.1, 0.15) is 18.6 Å². The summed E-state index contributed by atoms with van der Waals surface area (Å²) < 4.78 is 34.1. The highest BCUT2D eigenvalue weighted by molar-refractivity contribution is 7.89. The number of H-pyrrole nitrogens is 1. The first-order valence-corrected chi connectivity index (χ1v) is 15.9. The van der Waals surface area contributed by atoms with E-state index in [0.717, 1.165) is 17.0 Å². The molecule has 2 aromatic heterocycles. The van der Waals surface area contributed by atoms with Crippen molar-refractivity contribution < 1.29 is 32.5 Å². The van der Waals surface area contributed by atoms with Crippen molar-refractivity contribution in [3.8, 4) is 0 Å². The molecule has 0 unspecified atom stereocenters. The summed E-state index contributed by atoms with van der Waals surface area (Å²) in [6.07, 6.45) is 0.866. The van der Waals surface area contributed by atoms with Crippen molar-refractivity contribution in [1.82, 2.24) is 28.7 Å². The Balaban J connectivity index is 1.24. The zero-order valence-corrected chi connectivity index (χ0v) is 25.8. The molecule has 3 heterocycles. The Hall–Kier alpha value is -6.23. The van der Waals surface area contributed by atoms with Crippen LogP contribution in [0, 0.1) is 10.1 Å². The molecule has 17 heteroatoms. The van der Waals surface area contributed by atoms with Gasteiger partial charge < -0.3 is 19.2 Å². The van der Waals surface area contributed by atoms with Crippen molar-refractivity contribution in [2.75, 3.05) is 19.6 Å². The first-order chi connectivity index (χ1) is 23.1. The highest BCUT2D eigenvalue weighted by Crippen LogP contribution is 2.28. The number of ether oxygens (including phenoxy) is 1. The minimum Gasteiger partial charge on any atom is -0.435 e. The van der Waals surface area contributed by atoms with E-state index in [1.165, 1.54) is 29.4 Å². The van der Waals surface area contributed by atoms with Gasteiger partial charge in [-0.25, -0.2) is 27.5 Å². The van der Waals surface area contributed by atoms with Crippen LogP contribution in [0.2, 0.25) is 0 Å². The van der Waals surface area contributed by atoms with E-state index in [-0.39, 0.29) is 23.2 Å². The fourth-order valence-electron chi connectivity index (χ4n) is 5.22. The van der Waals surface area contributed by atoms with Crippen molar-refractivity contribution in [2.45, 2.75) is 17.5 Å². The molecule has 0 aliphatic carbocycles. The Morgan fingerprint density at radius 1 is 0.958 bits per heavy atom. The first-order valence-electron chi connectivity index (χ1n) is 14.4. The summed E-state index contributed by atoms with van der Waals surface area (Å²) in [4.78, 5) is 66.2. The number of benzene rings is 3. The number of amides is 3. The molecule has 0 atom stereocenters. The Labute approximate surface area is 272 Å². The number of aromatic nitrogens is 4. The Kier molecular flexibility index (Phi) is 8.76. The molecule has 1 aliphatic heterocycles. The molecule has 0 spiro atoms. The van der Waals surface area contributed by atoms with E-state index in [4.69, 9.17) is 4.74 Å². The van der Waals surface area contributed by atoms with Gasteiger partial charge >= 0.3 is 6.09 Å². The first kappa shape index (κ1) is 31.7. The highest BCUT2D eigenvalue weighted by Gasteiger charge is 2.38. The Morgan fingerprint density at radius 3 is 2.25 bits per heavy atom. The standard InChI is InChI=1S/C31H26N8O8S/c40-25(36-15-16-38(26(41)18-36)48(45,46)24-14-8-7-13-23(24)39(43)44)17-37-20-34-29-27(32-19-33-29)30(37)35-31(42)47-28(21-9-3-1-4-10-21)22-11-5-2-6-12-22/h1-14,19-20,28H,15-18H2,(H,32,33). The van der Waals surface area contributed by atoms with Crippen LogP contribution < -0.4 is 5.49 Å². The van der Waals surface area contributed by atoms with E-state index in [1.807, 2.05) is 60.7 Å². The van der Waals surface area contributed by atoms with Crippen LogP contribution in [0.4, 0.5) is 10.5 Å². The molecule has 1 N–H and O–H groups in total. The van der Waals surface area contributed by atoms with Gasteiger partial charge in [-0.2, -0.15) is 4.99 Å². The van der Waals surface area contributed by atoms with Gasteiger partial charge in [0.2, 0.25) is 5.91 Å². The maximum atomic E-state index is 13.4. The molecule has 16 nitrogen and oxygen atoms in total. The van der Waals surface area contributed by atoms with Gasteiger partial charge in [0.05, 0.1) is 24.1 Å². The number of aromatic amines is 1. The maximum absolute atomic E-state index is 13.4. The minimum atomic E-state index is -4.57. The van der Waals surface area contributed by atoms with Crippen LogP contribution in [0.5, 0.6) is 0 Å². The van der Waals surface area contributed by atoms with Crippen LogP contribution in [0.3, 0.4) is 0 Å². The fourth-order valence-corrected chi connectivity index (χ4v) is 6.76. The predicted octanol–water partition coefficient (Wildman–Crippen LogP) is 2.55. The smallest absolute Gasteiger partial charge is 0.435 e. The summed E-state index contributed by atoms with van der Waals surface area (Å²) in [5.41, 5.74) is 1.20. The zero-order chi connectivity index (χ0) is 33.8. The molecule has 48 heavy (non-hydrogen) atoms. The molecule has 0 bridgehead atoms. The number of carbonyl (C=O) groups excluding carboxylic acids is 3. The van der Waals surface area contributed by atoms with E-state index >= 15 is 0 Å². The van der Waals surface area contributed by atoms with Crippen molar-refractivity contribution in [2.24, 2.45) is 4.99 Å². The largest absolute Gasteiger partial charge is 0.436 e. The number of sulfonamides is 1. The summed E-state index contributed by atoms with van der Waals surface area (Å²) in [6.45, 7) is -1.65. The summed E-state index contributed by atoms with van der Waals surface area (Å²) in [6, 6.07) is 22.9. The third-order valence-corrected chi connectivity index (χ3v) is 9.39. The number of nitro benzene ring substituents is 1. The quantitative estimate of drug-likeness (QED) is 0.189. The average molecular weight is 671 g/mol. The molecular weight excluding hydrogens is 644 g/mol. The van der Waals surface area contributed by atoms with Gasteiger partial charge in [-0.1, -0.05) is 72.8 Å². The molecular formula is C31H26N8O8S. The Bertz CT molecular complexity index is 2160. The second kappa shape index (κ2) is 13.2. The van der Waals surface area contributed by atoms with Crippen molar-refractivity contribution in [3.63, 3.8) is 0 Å². The molecule has 1 saturated heterocycles. The normalized spacial score (nSPS) is 14.0. The molecule has 244 valence electrons. The van der Waals surface area contributed by atoms with Gasteiger partial charge in [0, 0.05) is 12.6 Å². The van der Waals surface area contributed by atoms with Gasteiger partial charge in [0.15, 0.2) is 22.1 Å². The number of nitrogens with zero attached hydrogens (tertiary/aromatic N) is 7. The van der Waals surface area contributed by atoms with Crippen molar-refractivity contribution >= 4 is 44.8 Å². The molecule has 1 aliphatic rings. The summed E-state index contributed by atoms with van der Waals surface area (Å²) in [7, 11) is -4.57. The minimum absolute atomic E-state index is 0.0142. The summed E-state index contributed by atoms with van der Waals surface area (Å²) in [5.74, 6) is -1.55. The number of carbonyl (C=O) groups is 3. The Morgan fingerprint density at radius 2 is 1.60 bits per heavy atom. The van der Waals surface area contributed by atoms with E-state index in [1.54, 1.807) is 0 Å². The number of rotatable bonds is 8. The topological polar surface area (TPSA) is 203 Å². The second-order valence-electron chi connectivity index (χ2n) is 10.5. The third kappa shape index (κ3) is 6.38. The van der Waals surface area contributed by atoms with Crippen LogP contribution >= 0.6 is 0 Å². The number of hydrogen-bond acceptors (Lipinski definition) is 10. The van der Waals surface area contributed by atoms with E-state index in [2.05, 4.69) is 19.9 Å². The molecule has 1 fully saturated rings. The third-order valence-electron chi connectivity index (χ3n) is 7.52. The zero-order valence-electron chi connectivity index (χ0n) is 24.9. The fraction of sp³-hybridized carbons (Fsp3) is 0.161. The van der Waals surface area contributed by atoms with Crippen LogP contribution in [-0.4, -0.2) is 79.6 Å². The number of para-hydroxylation sites is 1. The van der Waals surface area contributed by atoms with Crippen LogP contribution in [0.15, 0.2) is 107 Å². The lowest BCUT2D eigenvalue weighted by Gasteiger charge is -2.33. The van der Waals surface area contributed by atoms with Crippen molar-refractivity contribution in [3.05, 3.63) is 124 Å². The average Bonchev–Trinajstić information content (AvgIpc) is 3.58. The number of nitrogens with one attached hydrogen (secondary N) is 1. The molecule has 3 aromatic carbocycles. The van der Waals surface area contributed by atoms with Crippen LogP contribution in [-0.2, 0) is 30.9 Å². The van der Waals surface area contributed by atoms with Gasteiger partial charge in [-0.05, 0) is 17.2 Å². The number of nitro groups is 1. The van der Waals surface area contributed by atoms with Crippen LogP contribution in [0.25, 0.3) is 11.2 Å². The lowest BCUT2D eigenvalue weighted by Crippen LogP contribution is -2.54. The maximum Gasteiger partial charge on any atom is 0.436 e. The van der Waals surface area contributed by atoms with Gasteiger partial charge in [0.25, 0.3) is 21.6 Å². The van der Waals surface area contributed by atoms with E-state index in [9.17, 15) is 32.9 Å². The molecule has 6 rings (SSSR count). The predicted molar refractivity (Wildman–Crippen MR) is 167 cm³/mol. The van der Waals surface area contributed by atoms with Gasteiger partial charge in [-0.3, -0.25) is 19.7 Å². The second-order valence-corrected chi connectivity index (χ2v) is 12.3. The molecule has 0 radical (unpaired) electrons. The lowest BCUT2D eigenvalue weighted by atomic mass is 10.0. The molecule has 0 saturated carbocycles. The van der Waals surface area contributed by atoms with Crippen LogP contribution in [0.1, 0.15) is 17.2 Å². The summed E-state index contributed by atoms with van der Waals surface area (Å²) >= 11 is 0. The number of piperazine rings is 1. The molecule has 3 amide bonds.